The van der Waals surface area contributed by atoms with Crippen molar-refractivity contribution in [2.75, 3.05) is 36.6 Å². The van der Waals surface area contributed by atoms with Crippen molar-refractivity contribution in [2.24, 2.45) is 0 Å². The number of hydrogen-bond acceptors (Lipinski definition) is 7. The highest BCUT2D eigenvalue weighted by atomic mass is 32.2. The number of thioether (sulfide) groups is 1. The summed E-state index contributed by atoms with van der Waals surface area (Å²) < 4.78 is 10.6. The smallest absolute Gasteiger partial charge is 0.314 e. The van der Waals surface area contributed by atoms with Crippen LogP contribution >= 0.6 is 11.8 Å². The van der Waals surface area contributed by atoms with Gasteiger partial charge in [0.1, 0.15) is 5.76 Å². The maximum absolute atomic E-state index is 11.9. The largest absolute Gasteiger partial charge is 0.394 e. The third kappa shape index (κ3) is 5.22. The summed E-state index contributed by atoms with van der Waals surface area (Å²) in [5, 5.41) is 17.5. The van der Waals surface area contributed by atoms with Crippen LogP contribution < -0.4 is 10.6 Å². The van der Waals surface area contributed by atoms with Gasteiger partial charge in [-0.3, -0.25) is 14.9 Å². The van der Waals surface area contributed by atoms with Gasteiger partial charge < -0.3 is 19.7 Å². The van der Waals surface area contributed by atoms with E-state index in [2.05, 4.69) is 15.8 Å². The maximum atomic E-state index is 11.9. The van der Waals surface area contributed by atoms with E-state index in [0.717, 1.165) is 24.3 Å². The average Bonchev–Trinajstić information content (AvgIpc) is 2.96. The summed E-state index contributed by atoms with van der Waals surface area (Å²) in [5.41, 5.74) is -0.519. The van der Waals surface area contributed by atoms with Crippen LogP contribution in [-0.4, -0.2) is 58.9 Å². The lowest BCUT2D eigenvalue weighted by Crippen LogP contribution is -2.50. The molecule has 1 fully saturated rings. The Hall–Kier alpha value is -1.58. The van der Waals surface area contributed by atoms with Crippen LogP contribution in [-0.2, 0) is 14.3 Å². The second-order valence-corrected chi connectivity index (χ2v) is 6.55. The fraction of sp³-hybridized carbons (Fsp3) is 0.643. The van der Waals surface area contributed by atoms with E-state index in [0.29, 0.717) is 5.76 Å². The predicted molar refractivity (Wildman–Crippen MR) is 85.2 cm³/mol. The topological polar surface area (TPSA) is 114 Å². The van der Waals surface area contributed by atoms with Crippen molar-refractivity contribution in [1.82, 2.24) is 10.5 Å². The Morgan fingerprint density at radius 1 is 1.43 bits per heavy atom. The van der Waals surface area contributed by atoms with Gasteiger partial charge in [0.2, 0.25) is 0 Å². The summed E-state index contributed by atoms with van der Waals surface area (Å²) in [5.74, 6) is 1.02. The number of anilines is 1. The molecule has 2 amide bonds. The number of aliphatic hydroxyl groups excluding tert-OH is 1. The first-order valence-corrected chi connectivity index (χ1v) is 8.55. The predicted octanol–water partition coefficient (Wildman–Crippen LogP) is 0.312. The van der Waals surface area contributed by atoms with E-state index in [9.17, 15) is 9.59 Å². The van der Waals surface area contributed by atoms with E-state index < -0.39 is 17.4 Å². The summed E-state index contributed by atoms with van der Waals surface area (Å²) in [6.45, 7) is 2.06. The molecule has 0 radical (unpaired) electrons. The second kappa shape index (κ2) is 8.32. The van der Waals surface area contributed by atoms with E-state index in [1.54, 1.807) is 6.92 Å². The Balaban J connectivity index is 1.86. The number of carbonyl (C=O) groups excluding carboxylic acids is 2. The van der Waals surface area contributed by atoms with Crippen LogP contribution in [0.3, 0.4) is 0 Å². The number of rotatable bonds is 6. The lowest BCUT2D eigenvalue weighted by atomic mass is 9.96. The highest BCUT2D eigenvalue weighted by Gasteiger charge is 2.34. The van der Waals surface area contributed by atoms with Crippen LogP contribution in [0.2, 0.25) is 0 Å². The van der Waals surface area contributed by atoms with Gasteiger partial charge in [-0.15, -0.1) is 0 Å². The van der Waals surface area contributed by atoms with Crippen LogP contribution in [0.4, 0.5) is 5.82 Å². The summed E-state index contributed by atoms with van der Waals surface area (Å²) in [6.07, 6.45) is 1.53. The highest BCUT2D eigenvalue weighted by Crippen LogP contribution is 2.29. The number of hydrogen-bond donors (Lipinski definition) is 3. The van der Waals surface area contributed by atoms with Gasteiger partial charge in [-0.25, -0.2) is 0 Å². The van der Waals surface area contributed by atoms with Crippen molar-refractivity contribution in [3.05, 3.63) is 11.8 Å². The monoisotopic (exact) mass is 343 g/mol. The van der Waals surface area contributed by atoms with Gasteiger partial charge in [0.25, 0.3) is 0 Å². The molecule has 128 valence electrons. The number of carbonyl (C=O) groups is 2. The van der Waals surface area contributed by atoms with E-state index >= 15 is 0 Å². The van der Waals surface area contributed by atoms with Crippen molar-refractivity contribution in [1.29, 1.82) is 0 Å². The Morgan fingerprint density at radius 2 is 2.17 bits per heavy atom. The minimum atomic E-state index is -0.805. The molecule has 1 saturated heterocycles. The fourth-order valence-corrected chi connectivity index (χ4v) is 3.53. The molecule has 0 aromatic carbocycles. The molecule has 0 atom stereocenters. The summed E-state index contributed by atoms with van der Waals surface area (Å²) in [4.78, 5) is 23.7. The highest BCUT2D eigenvalue weighted by molar-refractivity contribution is 7.99. The minimum absolute atomic E-state index is 0.0746. The van der Waals surface area contributed by atoms with Gasteiger partial charge in [-0.1, -0.05) is 5.16 Å². The molecule has 8 nitrogen and oxygen atoms in total. The Morgan fingerprint density at radius 3 is 2.78 bits per heavy atom. The molecule has 2 heterocycles. The van der Waals surface area contributed by atoms with Crippen LogP contribution in [0.25, 0.3) is 0 Å². The number of aryl methyl sites for hydroxylation is 1. The molecule has 0 aliphatic carbocycles. The quantitative estimate of drug-likeness (QED) is 0.637. The van der Waals surface area contributed by atoms with Crippen molar-refractivity contribution < 1.29 is 24.0 Å². The number of amides is 2. The molecular weight excluding hydrogens is 322 g/mol. The number of ether oxygens (including phenoxy) is 1. The van der Waals surface area contributed by atoms with Gasteiger partial charge in [-0.2, -0.15) is 11.8 Å². The van der Waals surface area contributed by atoms with Gasteiger partial charge in [0.15, 0.2) is 5.82 Å². The molecule has 1 aliphatic rings. The summed E-state index contributed by atoms with van der Waals surface area (Å²) in [7, 11) is 0. The Kier molecular flexibility index (Phi) is 6.43. The van der Waals surface area contributed by atoms with Crippen LogP contribution in [0.5, 0.6) is 0 Å². The molecule has 0 bridgehead atoms. The van der Waals surface area contributed by atoms with Crippen molar-refractivity contribution in [3.63, 3.8) is 0 Å². The molecule has 9 heteroatoms. The first-order valence-electron chi connectivity index (χ1n) is 7.40. The van der Waals surface area contributed by atoms with E-state index in [-0.39, 0.29) is 25.6 Å². The molecule has 3 N–H and O–H groups in total. The molecule has 2 rings (SSSR count). The molecule has 0 unspecified atom stereocenters. The lowest BCUT2D eigenvalue weighted by Gasteiger charge is -2.36. The Bertz CT molecular complexity index is 542. The SMILES string of the molecule is Cc1cc(NC(=O)C(=O)NCC2(OCCO)CCSCC2)no1. The third-order valence-electron chi connectivity index (χ3n) is 3.55. The van der Waals surface area contributed by atoms with E-state index in [4.69, 9.17) is 14.4 Å². The molecule has 23 heavy (non-hydrogen) atoms. The van der Waals surface area contributed by atoms with Crippen molar-refractivity contribution in [3.8, 4) is 0 Å². The van der Waals surface area contributed by atoms with Crippen molar-refractivity contribution >= 4 is 29.4 Å². The minimum Gasteiger partial charge on any atom is -0.394 e. The molecule has 0 saturated carbocycles. The third-order valence-corrected chi connectivity index (χ3v) is 4.54. The van der Waals surface area contributed by atoms with E-state index in [1.165, 1.54) is 6.07 Å². The molecule has 1 aromatic heterocycles. The number of aromatic nitrogens is 1. The zero-order valence-corrected chi connectivity index (χ0v) is 13.8. The van der Waals surface area contributed by atoms with Gasteiger partial charge >= 0.3 is 11.8 Å². The summed E-state index contributed by atoms with van der Waals surface area (Å²) in [6, 6.07) is 1.52. The summed E-state index contributed by atoms with van der Waals surface area (Å²) >= 11 is 1.82. The van der Waals surface area contributed by atoms with Gasteiger partial charge in [0.05, 0.1) is 18.8 Å². The van der Waals surface area contributed by atoms with Crippen LogP contribution in [0, 0.1) is 6.92 Å². The normalized spacial score (nSPS) is 16.8. The Labute approximate surface area is 138 Å². The molecule has 0 spiro atoms. The molecular formula is C14H21N3O5S. The number of nitrogens with zero attached hydrogens (tertiary/aromatic N) is 1. The van der Waals surface area contributed by atoms with Crippen LogP contribution in [0.1, 0.15) is 18.6 Å². The first-order chi connectivity index (χ1) is 11.0. The second-order valence-electron chi connectivity index (χ2n) is 5.33. The average molecular weight is 343 g/mol. The van der Waals surface area contributed by atoms with Gasteiger partial charge in [-0.05, 0) is 31.3 Å². The zero-order valence-electron chi connectivity index (χ0n) is 13.0. The molecule has 1 aromatic rings. The maximum Gasteiger partial charge on any atom is 0.314 e. The number of aliphatic hydroxyl groups is 1. The van der Waals surface area contributed by atoms with E-state index in [1.807, 2.05) is 11.8 Å². The molecule has 1 aliphatic heterocycles. The standard InChI is InChI=1S/C14H21N3O5S/c1-10-8-11(17-22-10)16-13(20)12(19)15-9-14(21-5-4-18)2-6-23-7-3-14/h8,18H,2-7,9H2,1H3,(H,15,19)(H,16,17,20). The van der Waals surface area contributed by atoms with Crippen molar-refractivity contribution in [2.45, 2.75) is 25.4 Å². The lowest BCUT2D eigenvalue weighted by molar-refractivity contribution is -0.137. The number of nitrogens with one attached hydrogen (secondary N) is 2. The van der Waals surface area contributed by atoms with Gasteiger partial charge in [0, 0.05) is 12.6 Å². The fourth-order valence-electron chi connectivity index (χ4n) is 2.30. The van der Waals surface area contributed by atoms with Crippen LogP contribution in [0.15, 0.2) is 10.6 Å². The first kappa shape index (κ1) is 17.8. The zero-order chi connectivity index (χ0) is 16.7.